The number of fused-ring (bicyclic) bond motifs is 1. The van der Waals surface area contributed by atoms with Gasteiger partial charge in [0.25, 0.3) is 0 Å². The van der Waals surface area contributed by atoms with E-state index in [2.05, 4.69) is 9.55 Å². The lowest BCUT2D eigenvalue weighted by Gasteiger charge is -2.19. The lowest BCUT2D eigenvalue weighted by atomic mass is 10.2. The predicted octanol–water partition coefficient (Wildman–Crippen LogP) is 1.50. The number of aliphatic hydroxyl groups is 1. The second kappa shape index (κ2) is 5.37. The Balaban J connectivity index is 2.50. The molecule has 1 aromatic heterocycles. The van der Waals surface area contributed by atoms with Gasteiger partial charge in [-0.05, 0) is 31.5 Å². The second-order valence-corrected chi connectivity index (χ2v) is 4.40. The van der Waals surface area contributed by atoms with Crippen LogP contribution in [-0.4, -0.2) is 35.0 Å². The van der Waals surface area contributed by atoms with Crippen molar-refractivity contribution < 1.29 is 9.84 Å². The molecule has 0 saturated carbocycles. The fourth-order valence-corrected chi connectivity index (χ4v) is 2.33. The molecule has 2 rings (SSSR count). The van der Waals surface area contributed by atoms with E-state index in [4.69, 9.17) is 15.6 Å². The maximum atomic E-state index is 9.16. The summed E-state index contributed by atoms with van der Waals surface area (Å²) >= 11 is 0. The van der Waals surface area contributed by atoms with Gasteiger partial charge in [-0.1, -0.05) is 0 Å². The number of benzene rings is 1. The molecule has 0 aliphatic heterocycles. The molecule has 0 radical (unpaired) electrons. The molecular formula is C13H19N3O2. The van der Waals surface area contributed by atoms with Crippen LogP contribution in [0.5, 0.6) is 0 Å². The molecule has 1 heterocycles. The van der Waals surface area contributed by atoms with Gasteiger partial charge in [-0.2, -0.15) is 0 Å². The molecule has 0 aliphatic rings. The number of hydrogen-bond donors (Lipinski definition) is 2. The molecule has 18 heavy (non-hydrogen) atoms. The monoisotopic (exact) mass is 249 g/mol. The lowest BCUT2D eigenvalue weighted by Crippen LogP contribution is -2.17. The topological polar surface area (TPSA) is 73.3 Å². The van der Waals surface area contributed by atoms with E-state index in [-0.39, 0.29) is 12.6 Å². The van der Waals surface area contributed by atoms with E-state index in [1.165, 1.54) is 0 Å². The highest BCUT2D eigenvalue weighted by Crippen LogP contribution is 2.24. The minimum atomic E-state index is 0.0913. The van der Waals surface area contributed by atoms with Crippen LogP contribution >= 0.6 is 0 Å². The van der Waals surface area contributed by atoms with Crippen molar-refractivity contribution in [2.75, 3.05) is 26.1 Å². The number of rotatable bonds is 5. The van der Waals surface area contributed by atoms with E-state index in [1.54, 1.807) is 7.11 Å². The summed E-state index contributed by atoms with van der Waals surface area (Å²) in [5.74, 6) is 0.908. The van der Waals surface area contributed by atoms with Gasteiger partial charge in [0.1, 0.15) is 5.82 Å². The quantitative estimate of drug-likeness (QED) is 0.787. The van der Waals surface area contributed by atoms with Crippen LogP contribution in [0.25, 0.3) is 11.0 Å². The SMILES string of the molecule is COCC(CCO)n1c(C)nc2cc(N)ccc21. The molecule has 1 atom stereocenters. The van der Waals surface area contributed by atoms with Gasteiger partial charge in [0.15, 0.2) is 0 Å². The maximum Gasteiger partial charge on any atom is 0.107 e. The third-order valence-corrected chi connectivity index (χ3v) is 3.08. The first-order valence-electron chi connectivity index (χ1n) is 6.01. The number of ether oxygens (including phenoxy) is 1. The molecule has 0 amide bonds. The van der Waals surface area contributed by atoms with Crippen LogP contribution in [0.1, 0.15) is 18.3 Å². The number of methoxy groups -OCH3 is 1. The van der Waals surface area contributed by atoms with Crippen molar-refractivity contribution in [2.45, 2.75) is 19.4 Å². The molecule has 98 valence electrons. The van der Waals surface area contributed by atoms with Crippen molar-refractivity contribution in [3.8, 4) is 0 Å². The van der Waals surface area contributed by atoms with E-state index in [0.29, 0.717) is 18.7 Å². The Morgan fingerprint density at radius 2 is 2.28 bits per heavy atom. The summed E-state index contributed by atoms with van der Waals surface area (Å²) in [5.41, 5.74) is 8.38. The van der Waals surface area contributed by atoms with Gasteiger partial charge in [0.2, 0.25) is 0 Å². The first kappa shape index (κ1) is 12.9. The van der Waals surface area contributed by atoms with E-state index < -0.39 is 0 Å². The van der Waals surface area contributed by atoms with E-state index in [0.717, 1.165) is 16.9 Å². The van der Waals surface area contributed by atoms with Crippen molar-refractivity contribution in [1.82, 2.24) is 9.55 Å². The van der Waals surface area contributed by atoms with Crippen LogP contribution in [0.2, 0.25) is 0 Å². The van der Waals surface area contributed by atoms with Crippen LogP contribution in [0.15, 0.2) is 18.2 Å². The van der Waals surface area contributed by atoms with Crippen molar-refractivity contribution in [1.29, 1.82) is 0 Å². The largest absolute Gasteiger partial charge is 0.399 e. The van der Waals surface area contributed by atoms with Crippen molar-refractivity contribution >= 4 is 16.7 Å². The van der Waals surface area contributed by atoms with Crippen molar-refractivity contribution in [3.63, 3.8) is 0 Å². The molecule has 3 N–H and O–H groups in total. The molecule has 5 heteroatoms. The first-order chi connectivity index (χ1) is 8.67. The van der Waals surface area contributed by atoms with Gasteiger partial charge < -0.3 is 20.1 Å². The number of aromatic nitrogens is 2. The van der Waals surface area contributed by atoms with Crippen LogP contribution < -0.4 is 5.73 Å². The number of nitrogens with two attached hydrogens (primary N) is 1. The zero-order valence-electron chi connectivity index (χ0n) is 10.8. The number of imidazole rings is 1. The molecule has 1 aromatic carbocycles. The van der Waals surface area contributed by atoms with Crippen molar-refractivity contribution in [2.24, 2.45) is 0 Å². The molecule has 5 nitrogen and oxygen atoms in total. The minimum absolute atomic E-state index is 0.0913. The highest BCUT2D eigenvalue weighted by atomic mass is 16.5. The van der Waals surface area contributed by atoms with Gasteiger partial charge >= 0.3 is 0 Å². The zero-order valence-corrected chi connectivity index (χ0v) is 10.8. The molecule has 0 fully saturated rings. The molecular weight excluding hydrogens is 230 g/mol. The number of hydrogen-bond acceptors (Lipinski definition) is 4. The normalized spacial score (nSPS) is 13.1. The van der Waals surface area contributed by atoms with Crippen LogP contribution in [0.4, 0.5) is 5.69 Å². The number of nitrogens with zero attached hydrogens (tertiary/aromatic N) is 2. The Labute approximate surface area is 106 Å². The number of aliphatic hydroxyl groups excluding tert-OH is 1. The second-order valence-electron chi connectivity index (χ2n) is 4.40. The van der Waals surface area contributed by atoms with Gasteiger partial charge in [-0.3, -0.25) is 0 Å². The highest BCUT2D eigenvalue weighted by molar-refractivity contribution is 5.79. The average Bonchev–Trinajstić information content (AvgIpc) is 2.64. The molecule has 1 unspecified atom stereocenters. The number of anilines is 1. The Kier molecular flexibility index (Phi) is 3.84. The lowest BCUT2D eigenvalue weighted by molar-refractivity contribution is 0.137. The van der Waals surface area contributed by atoms with E-state index in [9.17, 15) is 0 Å². The summed E-state index contributed by atoms with van der Waals surface area (Å²) in [4.78, 5) is 4.51. The van der Waals surface area contributed by atoms with Crippen LogP contribution in [0.3, 0.4) is 0 Å². The van der Waals surface area contributed by atoms with Crippen LogP contribution in [-0.2, 0) is 4.74 Å². The smallest absolute Gasteiger partial charge is 0.107 e. The summed E-state index contributed by atoms with van der Waals surface area (Å²) < 4.78 is 7.33. The third-order valence-electron chi connectivity index (χ3n) is 3.08. The van der Waals surface area contributed by atoms with E-state index >= 15 is 0 Å². The highest BCUT2D eigenvalue weighted by Gasteiger charge is 2.16. The summed E-state index contributed by atoms with van der Waals surface area (Å²) in [5, 5.41) is 9.16. The third kappa shape index (κ3) is 2.32. The Morgan fingerprint density at radius 1 is 1.50 bits per heavy atom. The Morgan fingerprint density at radius 3 is 2.94 bits per heavy atom. The fraction of sp³-hybridized carbons (Fsp3) is 0.462. The van der Waals surface area contributed by atoms with Gasteiger partial charge in [-0.25, -0.2) is 4.98 Å². The summed E-state index contributed by atoms with van der Waals surface area (Å²) in [6.07, 6.45) is 0.643. The minimum Gasteiger partial charge on any atom is -0.399 e. The summed E-state index contributed by atoms with van der Waals surface area (Å²) in [6.45, 7) is 2.63. The molecule has 0 spiro atoms. The average molecular weight is 249 g/mol. The standard InChI is InChI=1S/C13H19N3O2/c1-9-15-12-7-10(14)3-4-13(12)16(9)11(5-6-17)8-18-2/h3-4,7,11,17H,5-6,8,14H2,1-2H3. The fourth-order valence-electron chi connectivity index (χ4n) is 2.33. The van der Waals surface area contributed by atoms with Gasteiger partial charge in [-0.15, -0.1) is 0 Å². The van der Waals surface area contributed by atoms with Gasteiger partial charge in [0.05, 0.1) is 23.7 Å². The summed E-state index contributed by atoms with van der Waals surface area (Å²) in [6, 6.07) is 5.78. The Bertz CT molecular complexity index is 530. The molecule has 0 aliphatic carbocycles. The van der Waals surface area contributed by atoms with Gasteiger partial charge in [0, 0.05) is 19.4 Å². The number of aryl methyl sites for hydroxylation is 1. The van der Waals surface area contributed by atoms with Crippen molar-refractivity contribution in [3.05, 3.63) is 24.0 Å². The zero-order chi connectivity index (χ0) is 13.1. The predicted molar refractivity (Wildman–Crippen MR) is 71.5 cm³/mol. The summed E-state index contributed by atoms with van der Waals surface area (Å²) in [7, 11) is 1.66. The first-order valence-corrected chi connectivity index (χ1v) is 6.01. The maximum absolute atomic E-state index is 9.16. The van der Waals surface area contributed by atoms with E-state index in [1.807, 2.05) is 25.1 Å². The Hall–Kier alpha value is -1.59. The van der Waals surface area contributed by atoms with Crippen LogP contribution in [0, 0.1) is 6.92 Å². The molecule has 0 saturated heterocycles. The number of nitrogen functional groups attached to an aromatic ring is 1. The molecule has 0 bridgehead atoms. The molecule has 2 aromatic rings.